The van der Waals surface area contributed by atoms with Gasteiger partial charge in [0.05, 0.1) is 0 Å². The summed E-state index contributed by atoms with van der Waals surface area (Å²) >= 11 is 1.07. The van der Waals surface area contributed by atoms with Crippen LogP contribution in [-0.2, 0) is 4.57 Å². The van der Waals surface area contributed by atoms with Crippen LogP contribution in [0.15, 0.2) is 11.5 Å². The SMILES string of the molecule is Nc1ncnc2nc(SC(CCC3CCCCC3)P(=O)(O)O)[nH]c12. The molecule has 0 saturated heterocycles. The number of aromatic amines is 1. The van der Waals surface area contributed by atoms with E-state index in [0.717, 1.165) is 31.0 Å². The largest absolute Gasteiger partial charge is 0.382 e. The molecule has 2 heterocycles. The predicted octanol–water partition coefficient (Wildman–Crippen LogP) is 2.89. The summed E-state index contributed by atoms with van der Waals surface area (Å²) in [5.74, 6) is 0.847. The molecular formula is C14H22N5O3PS. The molecule has 0 bridgehead atoms. The Morgan fingerprint density at radius 1 is 1.33 bits per heavy atom. The molecule has 24 heavy (non-hydrogen) atoms. The number of thioether (sulfide) groups is 1. The van der Waals surface area contributed by atoms with Crippen LogP contribution in [0.2, 0.25) is 0 Å². The van der Waals surface area contributed by atoms with Crippen molar-refractivity contribution >= 4 is 36.3 Å². The van der Waals surface area contributed by atoms with E-state index in [9.17, 15) is 14.4 Å². The van der Waals surface area contributed by atoms with Crippen LogP contribution in [-0.4, -0.2) is 34.7 Å². The monoisotopic (exact) mass is 371 g/mol. The number of aromatic nitrogens is 4. The van der Waals surface area contributed by atoms with Crippen LogP contribution >= 0.6 is 19.4 Å². The number of nitrogen functional groups attached to an aromatic ring is 1. The number of hydrogen-bond donors (Lipinski definition) is 4. The molecule has 1 saturated carbocycles. The minimum absolute atomic E-state index is 0.272. The second kappa shape index (κ2) is 7.39. The number of nitrogens with zero attached hydrogens (tertiary/aromatic N) is 3. The molecule has 1 fully saturated rings. The van der Waals surface area contributed by atoms with Gasteiger partial charge >= 0.3 is 7.60 Å². The van der Waals surface area contributed by atoms with Gasteiger partial charge in [0.2, 0.25) is 0 Å². The summed E-state index contributed by atoms with van der Waals surface area (Å²) in [6.07, 6.45) is 8.66. The molecule has 132 valence electrons. The van der Waals surface area contributed by atoms with Crippen LogP contribution in [0.3, 0.4) is 0 Å². The molecule has 1 atom stereocenters. The number of hydrogen-bond acceptors (Lipinski definition) is 6. The van der Waals surface area contributed by atoms with Gasteiger partial charge in [-0.1, -0.05) is 43.9 Å². The maximum absolute atomic E-state index is 11.9. The second-order valence-electron chi connectivity index (χ2n) is 6.24. The normalized spacial score (nSPS) is 18.1. The zero-order chi connectivity index (χ0) is 17.2. The number of nitrogens with one attached hydrogen (secondary N) is 1. The van der Waals surface area contributed by atoms with E-state index in [0.29, 0.717) is 28.7 Å². The molecule has 3 rings (SSSR count). The van der Waals surface area contributed by atoms with Gasteiger partial charge in [0.15, 0.2) is 16.6 Å². The highest BCUT2D eigenvalue weighted by Crippen LogP contribution is 2.52. The van der Waals surface area contributed by atoms with Gasteiger partial charge in [-0.05, 0) is 18.8 Å². The highest BCUT2D eigenvalue weighted by molar-refractivity contribution is 8.05. The number of anilines is 1. The third-order valence-electron chi connectivity index (χ3n) is 4.47. The second-order valence-corrected chi connectivity index (χ2v) is 9.58. The molecule has 0 amide bonds. The van der Waals surface area contributed by atoms with Crippen molar-refractivity contribution in [1.82, 2.24) is 19.9 Å². The Morgan fingerprint density at radius 2 is 2.08 bits per heavy atom. The molecule has 1 aliphatic rings. The lowest BCUT2D eigenvalue weighted by Gasteiger charge is -2.24. The van der Waals surface area contributed by atoms with Gasteiger partial charge < -0.3 is 20.5 Å². The van der Waals surface area contributed by atoms with Crippen molar-refractivity contribution in [3.8, 4) is 0 Å². The summed E-state index contributed by atoms with van der Waals surface area (Å²) in [4.78, 5) is 33.7. The Morgan fingerprint density at radius 3 is 2.75 bits per heavy atom. The van der Waals surface area contributed by atoms with Crippen LogP contribution < -0.4 is 5.73 Å². The minimum Gasteiger partial charge on any atom is -0.382 e. The maximum Gasteiger partial charge on any atom is 0.338 e. The van der Waals surface area contributed by atoms with E-state index in [1.54, 1.807) is 0 Å². The summed E-state index contributed by atoms with van der Waals surface area (Å²) in [6.45, 7) is 0. The van der Waals surface area contributed by atoms with Crippen molar-refractivity contribution in [2.45, 2.75) is 55.1 Å². The highest BCUT2D eigenvalue weighted by atomic mass is 32.2. The van der Waals surface area contributed by atoms with Crippen molar-refractivity contribution < 1.29 is 14.4 Å². The van der Waals surface area contributed by atoms with E-state index in [1.807, 2.05) is 0 Å². The van der Waals surface area contributed by atoms with Crippen LogP contribution in [0.25, 0.3) is 11.2 Å². The Balaban J connectivity index is 1.71. The zero-order valence-corrected chi connectivity index (χ0v) is 15.0. The molecule has 0 radical (unpaired) electrons. The molecular weight excluding hydrogens is 349 g/mol. The van der Waals surface area contributed by atoms with E-state index >= 15 is 0 Å². The summed E-state index contributed by atoms with van der Waals surface area (Å²) < 4.78 is 11.9. The van der Waals surface area contributed by atoms with Gasteiger partial charge in [0.1, 0.15) is 16.8 Å². The Kier molecular flexibility index (Phi) is 5.44. The van der Waals surface area contributed by atoms with Crippen molar-refractivity contribution in [3.63, 3.8) is 0 Å². The lowest BCUT2D eigenvalue weighted by Crippen LogP contribution is -2.11. The van der Waals surface area contributed by atoms with Crippen LogP contribution in [0.4, 0.5) is 5.82 Å². The molecule has 5 N–H and O–H groups in total. The van der Waals surface area contributed by atoms with Crippen LogP contribution in [0.1, 0.15) is 44.9 Å². The molecule has 0 aliphatic heterocycles. The molecule has 2 aromatic heterocycles. The quantitative estimate of drug-likeness (QED) is 0.449. The number of nitrogens with two attached hydrogens (primary N) is 1. The average Bonchev–Trinajstić information content (AvgIpc) is 2.95. The predicted molar refractivity (Wildman–Crippen MR) is 93.6 cm³/mol. The fourth-order valence-electron chi connectivity index (χ4n) is 3.16. The molecule has 0 spiro atoms. The first kappa shape index (κ1) is 17.7. The summed E-state index contributed by atoms with van der Waals surface area (Å²) in [5, 5.41) is 0.411. The standard InChI is InChI=1S/C14H22N5O3PS/c15-12-11-13(17-8-16-12)19-14(18-11)24-10(23(20,21)22)7-6-9-4-2-1-3-5-9/h8-10H,1-7H2,(H2,20,21,22)(H3,15,16,17,18,19). The van der Waals surface area contributed by atoms with E-state index in [2.05, 4.69) is 19.9 Å². The van der Waals surface area contributed by atoms with Gasteiger partial charge in [0, 0.05) is 0 Å². The lowest BCUT2D eigenvalue weighted by atomic mass is 9.86. The van der Waals surface area contributed by atoms with Crippen molar-refractivity contribution in [1.29, 1.82) is 0 Å². The van der Waals surface area contributed by atoms with E-state index in [-0.39, 0.29) is 5.82 Å². The fraction of sp³-hybridized carbons (Fsp3) is 0.643. The van der Waals surface area contributed by atoms with Gasteiger partial charge in [-0.25, -0.2) is 15.0 Å². The number of fused-ring (bicyclic) bond motifs is 1. The minimum atomic E-state index is -4.23. The first-order chi connectivity index (χ1) is 11.4. The van der Waals surface area contributed by atoms with Crippen LogP contribution in [0, 0.1) is 5.92 Å². The van der Waals surface area contributed by atoms with Gasteiger partial charge in [-0.15, -0.1) is 0 Å². The molecule has 2 aromatic rings. The maximum atomic E-state index is 11.9. The smallest absolute Gasteiger partial charge is 0.338 e. The van der Waals surface area contributed by atoms with Crippen molar-refractivity contribution in [2.75, 3.05) is 5.73 Å². The molecule has 8 nitrogen and oxygen atoms in total. The fourth-order valence-corrected chi connectivity index (χ4v) is 5.31. The first-order valence-corrected chi connectivity index (χ1v) is 10.7. The summed E-state index contributed by atoms with van der Waals surface area (Å²) in [5.41, 5.74) is 6.66. The first-order valence-electron chi connectivity index (χ1n) is 8.11. The third kappa shape index (κ3) is 4.27. The van der Waals surface area contributed by atoms with Crippen molar-refractivity contribution in [2.24, 2.45) is 5.92 Å². The van der Waals surface area contributed by atoms with E-state index < -0.39 is 12.6 Å². The third-order valence-corrected chi connectivity index (χ3v) is 7.54. The lowest BCUT2D eigenvalue weighted by molar-refractivity contribution is 0.326. The van der Waals surface area contributed by atoms with Gasteiger partial charge in [-0.3, -0.25) is 4.57 Å². The van der Waals surface area contributed by atoms with Crippen LogP contribution in [0.5, 0.6) is 0 Å². The molecule has 0 aromatic carbocycles. The topological polar surface area (TPSA) is 138 Å². The number of imidazole rings is 1. The summed E-state index contributed by atoms with van der Waals surface area (Å²) in [6, 6.07) is 0. The van der Waals surface area contributed by atoms with Crippen molar-refractivity contribution in [3.05, 3.63) is 6.33 Å². The Bertz CT molecular complexity index is 743. The summed E-state index contributed by atoms with van der Waals surface area (Å²) in [7, 11) is -4.23. The Labute approximate surface area is 144 Å². The molecule has 1 unspecified atom stereocenters. The molecule has 10 heteroatoms. The molecule has 1 aliphatic carbocycles. The number of H-pyrrole nitrogens is 1. The average molecular weight is 371 g/mol. The zero-order valence-electron chi connectivity index (χ0n) is 13.3. The van der Waals surface area contributed by atoms with Gasteiger partial charge in [-0.2, -0.15) is 0 Å². The van der Waals surface area contributed by atoms with E-state index in [1.165, 1.54) is 25.6 Å². The van der Waals surface area contributed by atoms with E-state index in [4.69, 9.17) is 5.73 Å². The van der Waals surface area contributed by atoms with Gasteiger partial charge in [0.25, 0.3) is 0 Å². The Hall–Kier alpha value is -1.15. The number of rotatable bonds is 6. The highest BCUT2D eigenvalue weighted by Gasteiger charge is 2.31.